The quantitative estimate of drug-likeness (QED) is 0.498. The molecule has 2 aromatic carbocycles. The first-order chi connectivity index (χ1) is 11.6. The summed E-state index contributed by atoms with van der Waals surface area (Å²) in [5.41, 5.74) is 5.65. The molecule has 0 saturated heterocycles. The van der Waals surface area contributed by atoms with Gasteiger partial charge in [-0.2, -0.15) is 0 Å². The Kier molecular flexibility index (Phi) is 6.28. The predicted molar refractivity (Wildman–Crippen MR) is 88.5 cm³/mol. The number of rotatable bonds is 5. The highest BCUT2D eigenvalue weighted by Gasteiger charge is 2.08. The van der Waals surface area contributed by atoms with Crippen LogP contribution in [0.1, 0.15) is 15.9 Å². The largest absolute Gasteiger partial charge is 0.452 e. The van der Waals surface area contributed by atoms with E-state index in [0.717, 1.165) is 5.56 Å². The van der Waals surface area contributed by atoms with Gasteiger partial charge in [0.25, 0.3) is 11.8 Å². The lowest BCUT2D eigenvalue weighted by molar-refractivity contribution is -0.144. The van der Waals surface area contributed by atoms with Gasteiger partial charge in [0.05, 0.1) is 0 Å². The Hall–Kier alpha value is -3.41. The van der Waals surface area contributed by atoms with Crippen molar-refractivity contribution in [2.45, 2.75) is 0 Å². The van der Waals surface area contributed by atoms with Gasteiger partial charge in [0.15, 0.2) is 6.61 Å². The van der Waals surface area contributed by atoms with Crippen molar-refractivity contribution < 1.29 is 19.1 Å². The molecular weight excluding hydrogens is 308 g/mol. The first-order valence-corrected chi connectivity index (χ1v) is 7.19. The zero-order chi connectivity index (χ0) is 17.2. The third-order valence-corrected chi connectivity index (χ3v) is 2.91. The van der Waals surface area contributed by atoms with Crippen LogP contribution in [0.2, 0.25) is 0 Å². The van der Waals surface area contributed by atoms with Crippen molar-refractivity contribution in [3.8, 4) is 0 Å². The number of amides is 2. The molecule has 24 heavy (non-hydrogen) atoms. The summed E-state index contributed by atoms with van der Waals surface area (Å²) in [6.07, 6.45) is 2.81. The minimum Gasteiger partial charge on any atom is -0.452 e. The molecule has 6 nitrogen and oxygen atoms in total. The van der Waals surface area contributed by atoms with Crippen LogP contribution in [0.4, 0.5) is 0 Å². The van der Waals surface area contributed by atoms with Gasteiger partial charge in [-0.1, -0.05) is 48.5 Å². The second-order valence-corrected chi connectivity index (χ2v) is 4.72. The third kappa shape index (κ3) is 5.76. The number of carbonyl (C=O) groups is 3. The van der Waals surface area contributed by atoms with Crippen LogP contribution in [0.5, 0.6) is 0 Å². The maximum Gasteiger partial charge on any atom is 0.331 e. The van der Waals surface area contributed by atoms with Gasteiger partial charge in [0.2, 0.25) is 0 Å². The zero-order valence-corrected chi connectivity index (χ0v) is 12.8. The lowest BCUT2D eigenvalue weighted by atomic mass is 10.2. The number of hydrogen-bond donors (Lipinski definition) is 2. The molecule has 0 aliphatic rings. The smallest absolute Gasteiger partial charge is 0.331 e. The predicted octanol–water partition coefficient (Wildman–Crippen LogP) is 1.70. The average molecular weight is 324 g/mol. The van der Waals surface area contributed by atoms with Gasteiger partial charge in [-0.05, 0) is 23.8 Å². The van der Waals surface area contributed by atoms with Crippen molar-refractivity contribution in [3.05, 3.63) is 77.9 Å². The van der Waals surface area contributed by atoms with Crippen molar-refractivity contribution in [1.82, 2.24) is 10.9 Å². The number of hydrazine groups is 1. The number of nitrogens with one attached hydrogen (secondary N) is 2. The van der Waals surface area contributed by atoms with Crippen LogP contribution in [-0.2, 0) is 14.3 Å². The van der Waals surface area contributed by atoms with Gasteiger partial charge in [-0.25, -0.2) is 4.79 Å². The van der Waals surface area contributed by atoms with E-state index in [9.17, 15) is 14.4 Å². The molecule has 2 aromatic rings. The molecule has 0 saturated carbocycles. The summed E-state index contributed by atoms with van der Waals surface area (Å²) in [5.74, 6) is -1.75. The molecule has 0 unspecified atom stereocenters. The number of carbonyl (C=O) groups excluding carboxylic acids is 3. The van der Waals surface area contributed by atoms with E-state index in [2.05, 4.69) is 10.9 Å². The van der Waals surface area contributed by atoms with Gasteiger partial charge in [-0.15, -0.1) is 0 Å². The summed E-state index contributed by atoms with van der Waals surface area (Å²) in [7, 11) is 0. The molecule has 2 amide bonds. The highest BCUT2D eigenvalue weighted by Crippen LogP contribution is 2.01. The van der Waals surface area contributed by atoms with E-state index in [0.29, 0.717) is 5.56 Å². The molecule has 2 rings (SSSR count). The number of hydrogen-bond acceptors (Lipinski definition) is 4. The first-order valence-electron chi connectivity index (χ1n) is 7.19. The van der Waals surface area contributed by atoms with Gasteiger partial charge in [-0.3, -0.25) is 20.4 Å². The topological polar surface area (TPSA) is 84.5 Å². The molecule has 2 N–H and O–H groups in total. The van der Waals surface area contributed by atoms with Crippen molar-refractivity contribution in [2.75, 3.05) is 6.61 Å². The molecule has 0 aliphatic carbocycles. The molecule has 0 heterocycles. The fourth-order valence-corrected chi connectivity index (χ4v) is 1.74. The molecule has 0 aliphatic heterocycles. The highest BCUT2D eigenvalue weighted by atomic mass is 16.5. The number of ether oxygens (including phenoxy) is 1. The van der Waals surface area contributed by atoms with E-state index in [1.54, 1.807) is 36.4 Å². The summed E-state index contributed by atoms with van der Waals surface area (Å²) >= 11 is 0. The zero-order valence-electron chi connectivity index (χ0n) is 12.8. The standard InChI is InChI=1S/C18H16N2O4/c21-16(19-20-18(23)15-9-5-2-6-10-15)13-24-17(22)12-11-14-7-3-1-4-8-14/h1-12H,13H2,(H,19,21)(H,20,23). The normalized spacial score (nSPS) is 10.2. The molecule has 0 fully saturated rings. The third-order valence-electron chi connectivity index (χ3n) is 2.91. The van der Waals surface area contributed by atoms with E-state index >= 15 is 0 Å². The fourth-order valence-electron chi connectivity index (χ4n) is 1.74. The van der Waals surface area contributed by atoms with Crippen LogP contribution in [-0.4, -0.2) is 24.4 Å². The maximum absolute atomic E-state index is 11.7. The number of benzene rings is 2. The Bertz CT molecular complexity index is 727. The van der Waals surface area contributed by atoms with Gasteiger partial charge >= 0.3 is 5.97 Å². The van der Waals surface area contributed by atoms with E-state index in [1.807, 2.05) is 30.3 Å². The van der Waals surface area contributed by atoms with Crippen LogP contribution in [0, 0.1) is 0 Å². The summed E-state index contributed by atoms with van der Waals surface area (Å²) in [4.78, 5) is 34.7. The van der Waals surface area contributed by atoms with Crippen molar-refractivity contribution >= 4 is 23.9 Å². The van der Waals surface area contributed by atoms with Crippen molar-refractivity contribution in [2.24, 2.45) is 0 Å². The van der Waals surface area contributed by atoms with E-state index in [4.69, 9.17) is 4.74 Å². The Morgan fingerprint density at radius 2 is 1.50 bits per heavy atom. The van der Waals surface area contributed by atoms with Gasteiger partial charge in [0, 0.05) is 11.6 Å². The van der Waals surface area contributed by atoms with Gasteiger partial charge < -0.3 is 4.74 Å². The second kappa shape index (κ2) is 8.89. The molecular formula is C18H16N2O4. The minimum atomic E-state index is -0.650. The molecule has 0 atom stereocenters. The highest BCUT2D eigenvalue weighted by molar-refractivity contribution is 5.95. The summed E-state index contributed by atoms with van der Waals surface area (Å²) < 4.78 is 4.77. The minimum absolute atomic E-state index is 0.403. The summed E-state index contributed by atoms with van der Waals surface area (Å²) in [5, 5.41) is 0. The second-order valence-electron chi connectivity index (χ2n) is 4.72. The van der Waals surface area contributed by atoms with E-state index < -0.39 is 24.4 Å². The maximum atomic E-state index is 11.7. The van der Waals surface area contributed by atoms with Crippen molar-refractivity contribution in [3.63, 3.8) is 0 Å². The van der Waals surface area contributed by atoms with Crippen LogP contribution >= 0.6 is 0 Å². The Morgan fingerprint density at radius 1 is 0.875 bits per heavy atom. The SMILES string of the molecule is O=C(COC(=O)C=Cc1ccccc1)NNC(=O)c1ccccc1. The molecule has 0 bridgehead atoms. The molecule has 0 radical (unpaired) electrons. The Labute approximate surface area is 139 Å². The summed E-state index contributed by atoms with van der Waals surface area (Å²) in [6, 6.07) is 17.6. The van der Waals surface area contributed by atoms with E-state index in [1.165, 1.54) is 6.08 Å². The van der Waals surface area contributed by atoms with Crippen LogP contribution in [0.3, 0.4) is 0 Å². The van der Waals surface area contributed by atoms with E-state index in [-0.39, 0.29) is 0 Å². The van der Waals surface area contributed by atoms with Gasteiger partial charge in [0.1, 0.15) is 0 Å². The monoisotopic (exact) mass is 324 g/mol. The fraction of sp³-hybridized carbons (Fsp3) is 0.0556. The molecule has 0 aromatic heterocycles. The lowest BCUT2D eigenvalue weighted by Gasteiger charge is -2.07. The van der Waals surface area contributed by atoms with Crippen LogP contribution < -0.4 is 10.9 Å². The average Bonchev–Trinajstić information content (AvgIpc) is 2.64. The number of esters is 1. The Balaban J connectivity index is 1.70. The van der Waals surface area contributed by atoms with Crippen molar-refractivity contribution in [1.29, 1.82) is 0 Å². The lowest BCUT2D eigenvalue weighted by Crippen LogP contribution is -2.43. The van der Waals surface area contributed by atoms with Crippen LogP contribution in [0.25, 0.3) is 6.08 Å². The van der Waals surface area contributed by atoms with Crippen LogP contribution in [0.15, 0.2) is 66.7 Å². The summed E-state index contributed by atoms with van der Waals surface area (Å²) in [6.45, 7) is -0.493. The Morgan fingerprint density at radius 3 is 2.17 bits per heavy atom. The molecule has 6 heteroatoms. The molecule has 0 spiro atoms. The first kappa shape index (κ1) is 17.0. The molecule has 122 valence electrons.